The summed E-state index contributed by atoms with van der Waals surface area (Å²) in [4.78, 5) is 26.2. The second-order valence-corrected chi connectivity index (χ2v) is 13.5. The van der Waals surface area contributed by atoms with Gasteiger partial charge in [0.15, 0.2) is 11.2 Å². The average Bonchev–Trinajstić information content (AvgIpc) is 2.92. The number of aryl methyl sites for hydroxylation is 1. The van der Waals surface area contributed by atoms with Crippen LogP contribution in [-0.2, 0) is 26.8 Å². The van der Waals surface area contributed by atoms with Crippen LogP contribution in [0, 0.1) is 0 Å². The third-order valence-electron chi connectivity index (χ3n) is 7.15. The number of carbonyl (C=O) groups excluding carboxylic acids is 1. The molecule has 3 aromatic carbocycles. The molecule has 234 valence electrons. The van der Waals surface area contributed by atoms with E-state index in [1.807, 2.05) is 32.0 Å². The van der Waals surface area contributed by atoms with Crippen LogP contribution in [0.1, 0.15) is 52.2 Å². The number of amides is 1. The summed E-state index contributed by atoms with van der Waals surface area (Å²) < 4.78 is 63.7. The van der Waals surface area contributed by atoms with Crippen molar-refractivity contribution < 1.29 is 36.9 Å². The van der Waals surface area contributed by atoms with Crippen molar-refractivity contribution in [2.75, 3.05) is 13.2 Å². The second kappa shape index (κ2) is 11.7. The number of benzene rings is 3. The Morgan fingerprint density at radius 1 is 0.932 bits per heavy atom. The van der Waals surface area contributed by atoms with Crippen LogP contribution in [0.4, 0.5) is 18.0 Å². The summed E-state index contributed by atoms with van der Waals surface area (Å²) in [6.45, 7) is 9.47. The van der Waals surface area contributed by atoms with Crippen LogP contribution in [-0.4, -0.2) is 36.2 Å². The fourth-order valence-corrected chi connectivity index (χ4v) is 5.94. The molecule has 0 spiro atoms. The van der Waals surface area contributed by atoms with Gasteiger partial charge in [-0.25, -0.2) is 4.79 Å². The normalized spacial score (nSPS) is 16.5. The second-order valence-electron chi connectivity index (χ2n) is 12.4. The van der Waals surface area contributed by atoms with Gasteiger partial charge in [0.25, 0.3) is 0 Å². The highest BCUT2D eigenvalue weighted by molar-refractivity contribution is 7.24. The maximum atomic E-state index is 13.5. The third-order valence-corrected chi connectivity index (χ3v) is 8.29. The molecule has 5 rings (SSSR count). The van der Waals surface area contributed by atoms with Crippen molar-refractivity contribution in [3.63, 3.8) is 0 Å². The minimum absolute atomic E-state index is 0.0493. The third kappa shape index (κ3) is 7.51. The average molecular weight is 630 g/mol. The van der Waals surface area contributed by atoms with Crippen LogP contribution < -0.4 is 15.5 Å². The minimum Gasteiger partial charge on any atom is -0.457 e. The molecular formula is C33H34F3NO6S. The lowest BCUT2D eigenvalue weighted by Crippen LogP contribution is -2.61. The van der Waals surface area contributed by atoms with Crippen LogP contribution >= 0.6 is 11.3 Å². The first-order chi connectivity index (χ1) is 20.5. The Bertz CT molecular complexity index is 1750. The summed E-state index contributed by atoms with van der Waals surface area (Å²) in [5.74, 6) is -0.403. The predicted molar refractivity (Wildman–Crippen MR) is 164 cm³/mol. The van der Waals surface area contributed by atoms with E-state index in [2.05, 4.69) is 5.32 Å². The standard InChI is InChI=1S/C33H34F3NO6S/c1-30(2,3)43-29(39)37-32(18-40-31(4,5)41-19-32)14-13-20-9-12-26-25(15-20)28(38)24-11-10-23(17-27(24)44-26)42-22-8-6-7-21(16-22)33(34,35)36/h6-12,15-17H,13-14,18-19H2,1-5H3,(H,37,39). The summed E-state index contributed by atoms with van der Waals surface area (Å²) in [7, 11) is 0. The highest BCUT2D eigenvalue weighted by Gasteiger charge is 2.42. The number of hydrogen-bond donors (Lipinski definition) is 1. The van der Waals surface area contributed by atoms with E-state index in [9.17, 15) is 22.8 Å². The molecule has 2 heterocycles. The monoisotopic (exact) mass is 629 g/mol. The van der Waals surface area contributed by atoms with Gasteiger partial charge in [-0.3, -0.25) is 4.79 Å². The molecule has 1 fully saturated rings. The van der Waals surface area contributed by atoms with Gasteiger partial charge in [-0.05, 0) is 102 Å². The highest BCUT2D eigenvalue weighted by atomic mass is 32.1. The molecule has 7 nitrogen and oxygen atoms in total. The molecule has 11 heteroatoms. The smallest absolute Gasteiger partial charge is 0.416 e. The lowest BCUT2D eigenvalue weighted by molar-refractivity contribution is -0.271. The number of alkyl carbamates (subject to hydrolysis) is 1. The van der Waals surface area contributed by atoms with Gasteiger partial charge in [0.2, 0.25) is 0 Å². The lowest BCUT2D eigenvalue weighted by atomic mass is 9.91. The summed E-state index contributed by atoms with van der Waals surface area (Å²) >= 11 is 1.39. The summed E-state index contributed by atoms with van der Waals surface area (Å²) in [5.41, 5.74) is -1.55. The first-order valence-electron chi connectivity index (χ1n) is 14.1. The molecule has 44 heavy (non-hydrogen) atoms. The number of alkyl halides is 3. The zero-order valence-corrected chi connectivity index (χ0v) is 25.9. The zero-order chi connectivity index (χ0) is 31.9. The highest BCUT2D eigenvalue weighted by Crippen LogP contribution is 2.35. The van der Waals surface area contributed by atoms with E-state index in [4.69, 9.17) is 18.9 Å². The fraction of sp³-hybridized carbons (Fsp3) is 0.394. The topological polar surface area (TPSA) is 83.1 Å². The van der Waals surface area contributed by atoms with Crippen molar-refractivity contribution >= 4 is 37.6 Å². The molecule has 0 bridgehead atoms. The van der Waals surface area contributed by atoms with Crippen LogP contribution in [0.2, 0.25) is 0 Å². The van der Waals surface area contributed by atoms with Gasteiger partial charge in [-0.15, -0.1) is 11.3 Å². The van der Waals surface area contributed by atoms with Crippen molar-refractivity contribution in [1.82, 2.24) is 5.32 Å². The Morgan fingerprint density at radius 3 is 2.32 bits per heavy atom. The number of fused-ring (bicyclic) bond motifs is 2. The molecule has 1 saturated heterocycles. The molecule has 0 radical (unpaired) electrons. The quantitative estimate of drug-likeness (QED) is 0.217. The number of nitrogens with one attached hydrogen (secondary N) is 1. The van der Waals surface area contributed by atoms with Gasteiger partial charge < -0.3 is 24.3 Å². The number of carbonyl (C=O) groups is 1. The zero-order valence-electron chi connectivity index (χ0n) is 25.1. The number of hydrogen-bond acceptors (Lipinski definition) is 7. The first-order valence-corrected chi connectivity index (χ1v) is 15.0. The number of rotatable bonds is 6. The molecule has 1 aliphatic heterocycles. The van der Waals surface area contributed by atoms with Gasteiger partial charge in [-0.2, -0.15) is 13.2 Å². The Labute approximate surface area is 256 Å². The molecule has 0 saturated carbocycles. The molecule has 1 amide bonds. The molecular weight excluding hydrogens is 595 g/mol. The van der Waals surface area contributed by atoms with E-state index < -0.39 is 34.8 Å². The van der Waals surface area contributed by atoms with Crippen molar-refractivity contribution in [3.8, 4) is 11.5 Å². The van der Waals surface area contributed by atoms with Crippen LogP contribution in [0.15, 0.2) is 65.5 Å². The van der Waals surface area contributed by atoms with Crippen LogP contribution in [0.25, 0.3) is 20.2 Å². The van der Waals surface area contributed by atoms with E-state index in [0.717, 1.165) is 22.4 Å². The molecule has 4 aromatic rings. The van der Waals surface area contributed by atoms with Gasteiger partial charge in [0, 0.05) is 20.2 Å². The molecule has 0 atom stereocenters. The van der Waals surface area contributed by atoms with Crippen molar-refractivity contribution in [3.05, 3.63) is 82.0 Å². The van der Waals surface area contributed by atoms with E-state index in [1.165, 1.54) is 23.5 Å². The van der Waals surface area contributed by atoms with Gasteiger partial charge in [0.1, 0.15) is 17.1 Å². The van der Waals surface area contributed by atoms with Gasteiger partial charge >= 0.3 is 12.3 Å². The van der Waals surface area contributed by atoms with Crippen LogP contribution in [0.5, 0.6) is 11.5 Å². The summed E-state index contributed by atoms with van der Waals surface area (Å²) in [6, 6.07) is 15.2. The molecule has 1 N–H and O–H groups in total. The number of halogens is 3. The molecule has 0 aliphatic carbocycles. The lowest BCUT2D eigenvalue weighted by Gasteiger charge is -2.44. The molecule has 0 unspecified atom stereocenters. The van der Waals surface area contributed by atoms with E-state index in [0.29, 0.717) is 34.1 Å². The Morgan fingerprint density at radius 2 is 1.64 bits per heavy atom. The van der Waals surface area contributed by atoms with E-state index in [-0.39, 0.29) is 24.4 Å². The van der Waals surface area contributed by atoms with Crippen LogP contribution in [0.3, 0.4) is 0 Å². The summed E-state index contributed by atoms with van der Waals surface area (Å²) in [5, 5.41) is 4.00. The Hall–Kier alpha value is -3.67. The first kappa shape index (κ1) is 31.7. The largest absolute Gasteiger partial charge is 0.457 e. The maximum Gasteiger partial charge on any atom is 0.416 e. The van der Waals surface area contributed by atoms with E-state index >= 15 is 0 Å². The van der Waals surface area contributed by atoms with Crippen molar-refractivity contribution in [2.24, 2.45) is 0 Å². The molecule has 1 aliphatic rings. The van der Waals surface area contributed by atoms with Crippen molar-refractivity contribution in [2.45, 2.75) is 70.6 Å². The SMILES string of the molecule is CC(C)(C)OC(=O)NC1(CCc2ccc3sc4cc(Oc5cccc(C(F)(F)F)c5)ccc4c(=O)c3c2)COC(C)(C)OC1. The Balaban J connectivity index is 1.37. The maximum absolute atomic E-state index is 13.5. The van der Waals surface area contributed by atoms with Gasteiger partial charge in [0.05, 0.1) is 24.3 Å². The number of ether oxygens (including phenoxy) is 4. The molecule has 1 aromatic heterocycles. The fourth-order valence-electron chi connectivity index (χ4n) is 4.86. The van der Waals surface area contributed by atoms with Gasteiger partial charge in [-0.1, -0.05) is 12.1 Å². The summed E-state index contributed by atoms with van der Waals surface area (Å²) in [6.07, 6.45) is -4.03. The van der Waals surface area contributed by atoms with E-state index in [1.54, 1.807) is 39.0 Å². The van der Waals surface area contributed by atoms with Crippen molar-refractivity contribution in [1.29, 1.82) is 0 Å². The predicted octanol–water partition coefficient (Wildman–Crippen LogP) is 8.20. The Kier molecular flexibility index (Phi) is 8.43. The minimum atomic E-state index is -4.48.